The summed E-state index contributed by atoms with van der Waals surface area (Å²) in [7, 11) is 1.80. The van der Waals surface area contributed by atoms with Crippen molar-refractivity contribution >= 4 is 0 Å². The fourth-order valence-corrected chi connectivity index (χ4v) is 2.58. The zero-order chi connectivity index (χ0) is 12.0. The van der Waals surface area contributed by atoms with Gasteiger partial charge in [-0.1, -0.05) is 20.8 Å². The second-order valence-corrected chi connectivity index (χ2v) is 4.92. The Morgan fingerprint density at radius 1 is 1.25 bits per heavy atom. The molecule has 2 atom stereocenters. The first-order valence-corrected chi connectivity index (χ1v) is 6.70. The molecule has 3 heteroatoms. The van der Waals surface area contributed by atoms with E-state index in [-0.39, 0.29) is 0 Å². The van der Waals surface area contributed by atoms with Gasteiger partial charge in [0.05, 0.1) is 6.10 Å². The molecule has 0 spiro atoms. The summed E-state index contributed by atoms with van der Waals surface area (Å²) in [5.41, 5.74) is 0.340. The van der Waals surface area contributed by atoms with E-state index in [1.54, 1.807) is 7.11 Å². The molecule has 2 N–H and O–H groups in total. The quantitative estimate of drug-likeness (QED) is 0.698. The normalized spacial score (nSPS) is 26.2. The third kappa shape index (κ3) is 3.44. The zero-order valence-corrected chi connectivity index (χ0v) is 11.3. The molecule has 2 unspecified atom stereocenters. The van der Waals surface area contributed by atoms with E-state index in [2.05, 4.69) is 31.4 Å². The maximum atomic E-state index is 5.36. The van der Waals surface area contributed by atoms with Gasteiger partial charge in [-0.3, -0.25) is 0 Å². The molecule has 1 rings (SSSR count). The lowest BCUT2D eigenvalue weighted by atomic mass is 9.89. The Morgan fingerprint density at radius 3 is 2.31 bits per heavy atom. The molecule has 1 aliphatic heterocycles. The summed E-state index contributed by atoms with van der Waals surface area (Å²) in [5, 5.41) is 7.27. The zero-order valence-electron chi connectivity index (χ0n) is 11.3. The van der Waals surface area contributed by atoms with Gasteiger partial charge in [0.25, 0.3) is 0 Å². The Morgan fingerprint density at radius 2 is 1.88 bits per heavy atom. The van der Waals surface area contributed by atoms with Crippen LogP contribution in [0.4, 0.5) is 0 Å². The molecule has 0 aromatic heterocycles. The third-order valence-corrected chi connectivity index (χ3v) is 4.27. The van der Waals surface area contributed by atoms with E-state index in [1.807, 2.05) is 0 Å². The van der Waals surface area contributed by atoms with Crippen molar-refractivity contribution in [2.24, 2.45) is 0 Å². The van der Waals surface area contributed by atoms with Crippen molar-refractivity contribution < 1.29 is 4.74 Å². The van der Waals surface area contributed by atoms with Gasteiger partial charge in [-0.05, 0) is 25.7 Å². The van der Waals surface area contributed by atoms with E-state index < -0.39 is 0 Å². The van der Waals surface area contributed by atoms with Crippen LogP contribution in [0.15, 0.2) is 0 Å². The lowest BCUT2D eigenvalue weighted by molar-refractivity contribution is 0.117. The average Bonchev–Trinajstić information content (AvgIpc) is 2.80. The van der Waals surface area contributed by atoms with Gasteiger partial charge < -0.3 is 15.4 Å². The standard InChI is InChI=1S/C13H28N2O/c1-5-13(6-2,7-3)15-9-11-8-12(16-4)10-14-11/h11-12,14-15H,5-10H2,1-4H3. The highest BCUT2D eigenvalue weighted by Crippen LogP contribution is 2.19. The molecule has 96 valence electrons. The Bertz CT molecular complexity index is 184. The van der Waals surface area contributed by atoms with Crippen molar-refractivity contribution in [2.75, 3.05) is 20.2 Å². The summed E-state index contributed by atoms with van der Waals surface area (Å²) >= 11 is 0. The van der Waals surface area contributed by atoms with Crippen molar-refractivity contribution in [3.05, 3.63) is 0 Å². The number of methoxy groups -OCH3 is 1. The van der Waals surface area contributed by atoms with Crippen LogP contribution in [0.2, 0.25) is 0 Å². The summed E-state index contributed by atoms with van der Waals surface area (Å²) in [4.78, 5) is 0. The van der Waals surface area contributed by atoms with E-state index in [0.717, 1.165) is 19.5 Å². The smallest absolute Gasteiger partial charge is 0.0711 e. The first-order chi connectivity index (χ1) is 7.69. The highest BCUT2D eigenvalue weighted by Gasteiger charge is 2.28. The minimum Gasteiger partial charge on any atom is -0.380 e. The number of hydrogen-bond acceptors (Lipinski definition) is 3. The molecule has 16 heavy (non-hydrogen) atoms. The van der Waals surface area contributed by atoms with Crippen LogP contribution in [0, 0.1) is 0 Å². The molecule has 1 aliphatic rings. The summed E-state index contributed by atoms with van der Waals surface area (Å²) in [6.45, 7) is 8.90. The maximum absolute atomic E-state index is 5.36. The Balaban J connectivity index is 2.33. The van der Waals surface area contributed by atoms with Gasteiger partial charge in [-0.2, -0.15) is 0 Å². The molecule has 0 aromatic rings. The van der Waals surface area contributed by atoms with Crippen LogP contribution < -0.4 is 10.6 Å². The number of nitrogens with one attached hydrogen (secondary N) is 2. The monoisotopic (exact) mass is 228 g/mol. The molecule has 0 bridgehead atoms. The van der Waals surface area contributed by atoms with Crippen LogP contribution in [0.3, 0.4) is 0 Å². The van der Waals surface area contributed by atoms with E-state index in [4.69, 9.17) is 4.74 Å². The van der Waals surface area contributed by atoms with Crippen molar-refractivity contribution in [1.82, 2.24) is 10.6 Å². The number of rotatable bonds is 7. The maximum Gasteiger partial charge on any atom is 0.0711 e. The van der Waals surface area contributed by atoms with Crippen LogP contribution in [0.25, 0.3) is 0 Å². The minimum atomic E-state index is 0.340. The molecule has 0 aromatic carbocycles. The van der Waals surface area contributed by atoms with E-state index in [0.29, 0.717) is 17.7 Å². The Kier molecular flexibility index (Phi) is 5.73. The Labute approximate surface area is 100 Å². The van der Waals surface area contributed by atoms with Crippen molar-refractivity contribution in [3.8, 4) is 0 Å². The largest absolute Gasteiger partial charge is 0.380 e. The van der Waals surface area contributed by atoms with E-state index >= 15 is 0 Å². The van der Waals surface area contributed by atoms with Crippen LogP contribution >= 0.6 is 0 Å². The summed E-state index contributed by atoms with van der Waals surface area (Å²) in [6.07, 6.45) is 5.17. The van der Waals surface area contributed by atoms with Crippen molar-refractivity contribution in [3.63, 3.8) is 0 Å². The van der Waals surface area contributed by atoms with Crippen LogP contribution in [0.1, 0.15) is 46.5 Å². The van der Waals surface area contributed by atoms with E-state index in [9.17, 15) is 0 Å². The molecule has 0 radical (unpaired) electrons. The molecule has 1 heterocycles. The van der Waals surface area contributed by atoms with Gasteiger partial charge in [-0.15, -0.1) is 0 Å². The number of hydrogen-bond donors (Lipinski definition) is 2. The van der Waals surface area contributed by atoms with Crippen LogP contribution in [-0.2, 0) is 4.74 Å². The topological polar surface area (TPSA) is 33.3 Å². The minimum absolute atomic E-state index is 0.340. The molecule has 0 aliphatic carbocycles. The SMILES string of the molecule is CCC(CC)(CC)NCC1CC(OC)CN1. The molecule has 0 amide bonds. The molecule has 1 saturated heterocycles. The number of ether oxygens (including phenoxy) is 1. The first-order valence-electron chi connectivity index (χ1n) is 6.70. The highest BCUT2D eigenvalue weighted by atomic mass is 16.5. The average molecular weight is 228 g/mol. The second-order valence-electron chi connectivity index (χ2n) is 4.92. The fraction of sp³-hybridized carbons (Fsp3) is 1.00. The van der Waals surface area contributed by atoms with Crippen LogP contribution in [0.5, 0.6) is 0 Å². The van der Waals surface area contributed by atoms with Crippen molar-refractivity contribution in [1.29, 1.82) is 0 Å². The fourth-order valence-electron chi connectivity index (χ4n) is 2.58. The van der Waals surface area contributed by atoms with Gasteiger partial charge in [0, 0.05) is 31.8 Å². The summed E-state index contributed by atoms with van der Waals surface area (Å²) in [5.74, 6) is 0. The predicted octanol–water partition coefficient (Wildman–Crippen LogP) is 1.92. The van der Waals surface area contributed by atoms with Crippen LogP contribution in [-0.4, -0.2) is 37.9 Å². The highest BCUT2D eigenvalue weighted by molar-refractivity contribution is 4.89. The second kappa shape index (κ2) is 6.58. The van der Waals surface area contributed by atoms with Gasteiger partial charge in [-0.25, -0.2) is 0 Å². The third-order valence-electron chi connectivity index (χ3n) is 4.27. The lowest BCUT2D eigenvalue weighted by Gasteiger charge is -2.33. The molecular weight excluding hydrogens is 200 g/mol. The first kappa shape index (κ1) is 13.9. The summed E-state index contributed by atoms with van der Waals surface area (Å²) < 4.78 is 5.36. The van der Waals surface area contributed by atoms with Gasteiger partial charge >= 0.3 is 0 Å². The molecule has 3 nitrogen and oxygen atoms in total. The molecule has 0 saturated carbocycles. The molecular formula is C13H28N2O. The van der Waals surface area contributed by atoms with E-state index in [1.165, 1.54) is 19.3 Å². The van der Waals surface area contributed by atoms with Gasteiger partial charge in [0.2, 0.25) is 0 Å². The van der Waals surface area contributed by atoms with Crippen molar-refractivity contribution in [2.45, 2.75) is 64.1 Å². The van der Waals surface area contributed by atoms with Gasteiger partial charge in [0.15, 0.2) is 0 Å². The summed E-state index contributed by atoms with van der Waals surface area (Å²) in [6, 6.07) is 0.578. The predicted molar refractivity (Wildman–Crippen MR) is 68.8 cm³/mol. The molecule has 1 fully saturated rings. The lowest BCUT2D eigenvalue weighted by Crippen LogP contribution is -2.48. The van der Waals surface area contributed by atoms with Gasteiger partial charge in [0.1, 0.15) is 0 Å². The Hall–Kier alpha value is -0.120.